The zero-order chi connectivity index (χ0) is 24.3. The maximum atomic E-state index is 13.3. The van der Waals surface area contributed by atoms with Crippen LogP contribution < -0.4 is 4.74 Å². The number of hydrogen-bond donors (Lipinski definition) is 1. The van der Waals surface area contributed by atoms with Crippen LogP contribution in [0.4, 0.5) is 0 Å². The molecule has 1 saturated heterocycles. The first kappa shape index (κ1) is 24.5. The van der Waals surface area contributed by atoms with Crippen molar-refractivity contribution in [2.24, 2.45) is 0 Å². The van der Waals surface area contributed by atoms with Crippen LogP contribution in [-0.4, -0.2) is 59.9 Å². The van der Waals surface area contributed by atoms with Gasteiger partial charge in [-0.15, -0.1) is 0 Å². The van der Waals surface area contributed by atoms with E-state index < -0.39 is 17.7 Å². The Morgan fingerprint density at radius 1 is 1.06 bits per heavy atom. The van der Waals surface area contributed by atoms with Crippen molar-refractivity contribution in [1.82, 2.24) is 9.80 Å². The molecule has 6 nitrogen and oxygen atoms in total. The quantitative estimate of drug-likeness (QED) is 0.367. The van der Waals surface area contributed by atoms with Crippen molar-refractivity contribution in [3.05, 3.63) is 69.8 Å². The summed E-state index contributed by atoms with van der Waals surface area (Å²) in [5, 5.41) is 11.5. The molecule has 1 heterocycles. The van der Waals surface area contributed by atoms with Gasteiger partial charge < -0.3 is 19.6 Å². The lowest BCUT2D eigenvalue weighted by molar-refractivity contribution is -0.140. The van der Waals surface area contributed by atoms with Gasteiger partial charge in [0.2, 0.25) is 0 Å². The zero-order valence-electron chi connectivity index (χ0n) is 20.4. The third-order valence-electron chi connectivity index (χ3n) is 6.45. The Hall–Kier alpha value is -3.12. The number of likely N-dealkylation sites (N-methyl/N-ethyl adjacent to an activating group) is 1. The third kappa shape index (κ3) is 4.67. The number of benzene rings is 2. The number of carbonyl (C=O) groups excluding carboxylic acids is 2. The van der Waals surface area contributed by atoms with E-state index in [-0.39, 0.29) is 11.3 Å². The number of Topliss-reactive ketones (excluding diaryl/α,β-unsaturated/α-hetero) is 1. The molecule has 1 N–H and O–H groups in total. The van der Waals surface area contributed by atoms with Crippen molar-refractivity contribution in [3.8, 4) is 5.75 Å². The van der Waals surface area contributed by atoms with Crippen LogP contribution in [0.15, 0.2) is 42.0 Å². The van der Waals surface area contributed by atoms with E-state index in [2.05, 4.69) is 18.7 Å². The van der Waals surface area contributed by atoms with Gasteiger partial charge in [-0.05, 0) is 62.2 Å². The summed E-state index contributed by atoms with van der Waals surface area (Å²) in [6, 6.07) is 10.8. The number of amides is 1. The molecule has 6 heteroatoms. The Kier molecular flexibility index (Phi) is 7.59. The highest BCUT2D eigenvalue weighted by molar-refractivity contribution is 6.46. The number of methoxy groups -OCH3 is 1. The summed E-state index contributed by atoms with van der Waals surface area (Å²) in [5.41, 5.74) is 4.10. The van der Waals surface area contributed by atoms with Gasteiger partial charge in [-0.2, -0.15) is 0 Å². The predicted molar refractivity (Wildman–Crippen MR) is 130 cm³/mol. The minimum absolute atomic E-state index is 0.108. The predicted octanol–water partition coefficient (Wildman–Crippen LogP) is 4.38. The number of carbonyl (C=O) groups is 2. The molecule has 0 bridgehead atoms. The second-order valence-electron chi connectivity index (χ2n) is 8.54. The second kappa shape index (κ2) is 10.2. The first-order valence-corrected chi connectivity index (χ1v) is 11.5. The van der Waals surface area contributed by atoms with Crippen molar-refractivity contribution < 1.29 is 19.4 Å². The van der Waals surface area contributed by atoms with Crippen LogP contribution in [0.5, 0.6) is 5.75 Å². The molecule has 1 amide bonds. The highest BCUT2D eigenvalue weighted by Crippen LogP contribution is 2.42. The molecular weight excluding hydrogens is 416 g/mol. The summed E-state index contributed by atoms with van der Waals surface area (Å²) in [6.45, 7) is 12.7. The standard InChI is InChI=1S/C27H34N2O4/c1-7-28(8-2)13-14-29-23(20-12-10-9-11-18(20)4)22(25(31)27(29)32)24(30)21-16-17(3)15-19(5)26(21)33-6/h9-12,15-16,23,30H,7-8,13-14H2,1-6H3/b24-22+. The van der Waals surface area contributed by atoms with E-state index in [4.69, 9.17) is 4.74 Å². The molecule has 2 aromatic carbocycles. The Balaban J connectivity index is 2.22. The molecule has 0 spiro atoms. The molecule has 0 saturated carbocycles. The van der Waals surface area contributed by atoms with Gasteiger partial charge in [-0.3, -0.25) is 9.59 Å². The van der Waals surface area contributed by atoms with E-state index in [1.54, 1.807) is 11.0 Å². The summed E-state index contributed by atoms with van der Waals surface area (Å²) in [6.07, 6.45) is 0. The van der Waals surface area contributed by atoms with E-state index in [1.807, 2.05) is 51.1 Å². The molecule has 1 aliphatic heterocycles. The van der Waals surface area contributed by atoms with Crippen LogP contribution in [0.2, 0.25) is 0 Å². The van der Waals surface area contributed by atoms with Gasteiger partial charge in [0.25, 0.3) is 11.7 Å². The van der Waals surface area contributed by atoms with Gasteiger partial charge in [0.1, 0.15) is 11.5 Å². The molecule has 1 fully saturated rings. The van der Waals surface area contributed by atoms with Gasteiger partial charge in [0, 0.05) is 13.1 Å². The summed E-state index contributed by atoms with van der Waals surface area (Å²) < 4.78 is 5.56. The Bertz CT molecular complexity index is 1090. The normalized spacial score (nSPS) is 17.8. The molecule has 2 aromatic rings. The Morgan fingerprint density at radius 2 is 1.73 bits per heavy atom. The van der Waals surface area contributed by atoms with Gasteiger partial charge in [-0.25, -0.2) is 0 Å². The maximum Gasteiger partial charge on any atom is 0.295 e. The van der Waals surface area contributed by atoms with Crippen molar-refractivity contribution in [2.45, 2.75) is 40.7 Å². The smallest absolute Gasteiger partial charge is 0.295 e. The lowest BCUT2D eigenvalue weighted by Crippen LogP contribution is -2.38. The van der Waals surface area contributed by atoms with Crippen LogP contribution in [0, 0.1) is 20.8 Å². The Morgan fingerprint density at radius 3 is 2.33 bits per heavy atom. The summed E-state index contributed by atoms with van der Waals surface area (Å²) >= 11 is 0. The fraction of sp³-hybridized carbons (Fsp3) is 0.407. The molecule has 176 valence electrons. The molecular formula is C27H34N2O4. The molecule has 0 radical (unpaired) electrons. The van der Waals surface area contributed by atoms with Crippen molar-refractivity contribution >= 4 is 17.4 Å². The summed E-state index contributed by atoms with van der Waals surface area (Å²) in [7, 11) is 1.54. The monoisotopic (exact) mass is 450 g/mol. The molecule has 0 aromatic heterocycles. The number of aliphatic hydroxyl groups excluding tert-OH is 1. The van der Waals surface area contributed by atoms with Crippen molar-refractivity contribution in [3.63, 3.8) is 0 Å². The van der Waals surface area contributed by atoms with E-state index in [0.29, 0.717) is 24.4 Å². The second-order valence-corrected chi connectivity index (χ2v) is 8.54. The molecule has 3 rings (SSSR count). The summed E-state index contributed by atoms with van der Waals surface area (Å²) in [5.74, 6) is -0.951. The number of aryl methyl sites for hydroxylation is 3. The Labute approximate surface area is 196 Å². The van der Waals surface area contributed by atoms with E-state index in [1.165, 1.54) is 7.11 Å². The number of rotatable bonds is 8. The first-order chi connectivity index (χ1) is 15.7. The van der Waals surface area contributed by atoms with Gasteiger partial charge in [-0.1, -0.05) is 44.2 Å². The van der Waals surface area contributed by atoms with Gasteiger partial charge in [0.05, 0.1) is 24.3 Å². The lowest BCUT2D eigenvalue weighted by Gasteiger charge is -2.29. The number of ketones is 1. The number of ether oxygens (including phenoxy) is 1. The fourth-order valence-electron chi connectivity index (χ4n) is 4.66. The largest absolute Gasteiger partial charge is 0.507 e. The molecule has 1 unspecified atom stereocenters. The highest BCUT2D eigenvalue weighted by atomic mass is 16.5. The molecule has 1 aliphatic rings. The van der Waals surface area contributed by atoms with Crippen LogP contribution in [-0.2, 0) is 9.59 Å². The number of nitrogens with zero attached hydrogens (tertiary/aromatic N) is 2. The molecule has 33 heavy (non-hydrogen) atoms. The summed E-state index contributed by atoms with van der Waals surface area (Å²) in [4.78, 5) is 30.3. The third-order valence-corrected chi connectivity index (χ3v) is 6.45. The van der Waals surface area contributed by atoms with Crippen LogP contribution in [0.3, 0.4) is 0 Å². The molecule has 1 atom stereocenters. The highest BCUT2D eigenvalue weighted by Gasteiger charge is 2.46. The first-order valence-electron chi connectivity index (χ1n) is 11.5. The minimum Gasteiger partial charge on any atom is -0.507 e. The minimum atomic E-state index is -0.665. The average Bonchev–Trinajstić information content (AvgIpc) is 3.04. The van der Waals surface area contributed by atoms with Gasteiger partial charge in [0.15, 0.2) is 0 Å². The van der Waals surface area contributed by atoms with Crippen LogP contribution in [0.1, 0.15) is 47.7 Å². The van der Waals surface area contributed by atoms with E-state index in [9.17, 15) is 14.7 Å². The van der Waals surface area contributed by atoms with Crippen LogP contribution >= 0.6 is 0 Å². The number of likely N-dealkylation sites (tertiary alicyclic amines) is 1. The van der Waals surface area contributed by atoms with Crippen molar-refractivity contribution in [1.29, 1.82) is 0 Å². The molecule has 0 aliphatic carbocycles. The van der Waals surface area contributed by atoms with Crippen LogP contribution in [0.25, 0.3) is 5.76 Å². The fourth-order valence-corrected chi connectivity index (χ4v) is 4.66. The topological polar surface area (TPSA) is 70.1 Å². The lowest BCUT2D eigenvalue weighted by atomic mass is 9.91. The zero-order valence-corrected chi connectivity index (χ0v) is 20.4. The number of hydrogen-bond acceptors (Lipinski definition) is 5. The van der Waals surface area contributed by atoms with E-state index >= 15 is 0 Å². The maximum absolute atomic E-state index is 13.3. The SMILES string of the molecule is CCN(CC)CCN1C(=O)C(=O)/C(=C(/O)c2cc(C)cc(C)c2OC)C1c1ccccc1C. The van der Waals surface area contributed by atoms with Crippen molar-refractivity contribution in [2.75, 3.05) is 33.3 Å². The average molecular weight is 451 g/mol. The number of aliphatic hydroxyl groups is 1. The van der Waals surface area contributed by atoms with Gasteiger partial charge >= 0.3 is 0 Å². The van der Waals surface area contributed by atoms with E-state index in [0.717, 1.165) is 35.3 Å².